The van der Waals surface area contributed by atoms with Crippen molar-refractivity contribution >= 4 is 44.0 Å². The highest BCUT2D eigenvalue weighted by Gasteiger charge is 2.52. The molecule has 0 bridgehead atoms. The van der Waals surface area contributed by atoms with E-state index >= 15 is 0 Å². The minimum absolute atomic E-state index is 0.00206. The molecule has 242 valence electrons. The number of pyridine rings is 1. The molecule has 46 heavy (non-hydrogen) atoms. The highest BCUT2D eigenvalue weighted by molar-refractivity contribution is 7.92. The average molecular weight is 661 g/mol. The lowest BCUT2D eigenvalue weighted by molar-refractivity contribution is -0.213. The van der Waals surface area contributed by atoms with Crippen LogP contribution < -0.4 is 21.1 Å². The van der Waals surface area contributed by atoms with Crippen LogP contribution in [0.2, 0.25) is 0 Å². The number of sulfone groups is 1. The van der Waals surface area contributed by atoms with Crippen molar-refractivity contribution < 1.29 is 45.0 Å². The van der Waals surface area contributed by atoms with Gasteiger partial charge in [-0.3, -0.25) is 4.79 Å². The molecule has 1 unspecified atom stereocenters. The number of ether oxygens (including phenoxy) is 2. The Hall–Kier alpha value is -4.92. The minimum Gasteiger partial charge on any atom is -0.491 e. The summed E-state index contributed by atoms with van der Waals surface area (Å²) < 4.78 is 92.2. The molecule has 1 aromatic heterocycles. The second kappa shape index (κ2) is 12.5. The van der Waals surface area contributed by atoms with Gasteiger partial charge in [0.25, 0.3) is 11.6 Å². The molecule has 4 aromatic rings. The maximum Gasteiger partial charge on any atom is 0.491 e. The lowest BCUT2D eigenvalue weighted by atomic mass is 9.99. The van der Waals surface area contributed by atoms with Gasteiger partial charge in [-0.1, -0.05) is 18.2 Å². The first-order valence-electron chi connectivity index (χ1n) is 14.0. The van der Waals surface area contributed by atoms with Crippen molar-refractivity contribution in [2.75, 3.05) is 17.7 Å². The van der Waals surface area contributed by atoms with Crippen molar-refractivity contribution in [3.05, 3.63) is 89.9 Å². The number of nitrogens with zero attached hydrogens (tertiary/aromatic N) is 1. The van der Waals surface area contributed by atoms with Crippen LogP contribution in [0.15, 0.2) is 77.8 Å². The lowest BCUT2D eigenvalue weighted by Gasteiger charge is -2.34. The van der Waals surface area contributed by atoms with Crippen molar-refractivity contribution in [1.29, 1.82) is 0 Å². The van der Waals surface area contributed by atoms with Crippen LogP contribution in [0.3, 0.4) is 0 Å². The Kier molecular flexibility index (Phi) is 8.80. The van der Waals surface area contributed by atoms with E-state index in [0.29, 0.717) is 23.6 Å². The molecule has 3 aromatic carbocycles. The van der Waals surface area contributed by atoms with Gasteiger partial charge >= 0.3 is 12.1 Å². The molecule has 1 aliphatic carbocycles. The van der Waals surface area contributed by atoms with Gasteiger partial charge in [0, 0.05) is 29.4 Å². The molecule has 5 rings (SSSR count). The molecule has 10 nitrogen and oxygen atoms in total. The van der Waals surface area contributed by atoms with E-state index in [-0.39, 0.29) is 28.6 Å². The first kappa shape index (κ1) is 32.5. The predicted octanol–water partition coefficient (Wildman–Crippen LogP) is 4.98. The summed E-state index contributed by atoms with van der Waals surface area (Å²) in [6, 6.07) is 14.4. The third kappa shape index (κ3) is 6.54. The summed E-state index contributed by atoms with van der Waals surface area (Å²) >= 11 is 0. The molecule has 1 saturated carbocycles. The minimum atomic E-state index is -5.55. The number of nitrogen functional groups attached to an aromatic ring is 1. The number of hydrogen-bond acceptors (Lipinski definition) is 9. The topological polar surface area (TPSA) is 150 Å². The number of anilines is 2. The Morgan fingerprint density at radius 2 is 1.78 bits per heavy atom. The summed E-state index contributed by atoms with van der Waals surface area (Å²) in [4.78, 5) is 30.5. The van der Waals surface area contributed by atoms with E-state index < -0.39 is 62.5 Å². The number of alkyl halides is 3. The van der Waals surface area contributed by atoms with Crippen molar-refractivity contribution in [2.45, 2.75) is 48.4 Å². The Bertz CT molecular complexity index is 1920. The lowest BCUT2D eigenvalue weighted by Crippen LogP contribution is -2.54. The number of rotatable bonds is 11. The number of halogens is 4. The van der Waals surface area contributed by atoms with Gasteiger partial charge in [0.15, 0.2) is 21.4 Å². The number of esters is 1. The zero-order valence-electron chi connectivity index (χ0n) is 24.2. The van der Waals surface area contributed by atoms with Crippen LogP contribution in [0.5, 0.6) is 5.75 Å². The van der Waals surface area contributed by atoms with E-state index in [4.69, 9.17) is 15.2 Å². The van der Waals surface area contributed by atoms with Crippen LogP contribution in [0.4, 0.5) is 29.1 Å². The van der Waals surface area contributed by atoms with Gasteiger partial charge in [-0.2, -0.15) is 13.2 Å². The van der Waals surface area contributed by atoms with Gasteiger partial charge in [0.1, 0.15) is 5.82 Å². The van der Waals surface area contributed by atoms with E-state index in [2.05, 4.69) is 15.6 Å². The molecule has 1 heterocycles. The fraction of sp³-hybridized carbons (Fsp3) is 0.258. The predicted molar refractivity (Wildman–Crippen MR) is 160 cm³/mol. The number of carbonyl (C=O) groups is 2. The van der Waals surface area contributed by atoms with Crippen LogP contribution in [0.1, 0.15) is 30.9 Å². The van der Waals surface area contributed by atoms with E-state index in [1.165, 1.54) is 55.6 Å². The fourth-order valence-corrected chi connectivity index (χ4v) is 6.73. The van der Waals surface area contributed by atoms with Crippen LogP contribution in [-0.4, -0.2) is 43.3 Å². The Balaban J connectivity index is 1.63. The molecule has 1 fully saturated rings. The van der Waals surface area contributed by atoms with E-state index in [9.17, 15) is 35.6 Å². The molecular weight excluding hydrogens is 632 g/mol. The number of aromatic nitrogens is 1. The molecule has 0 radical (unpaired) electrons. The smallest absolute Gasteiger partial charge is 0.491 e. The third-order valence-corrected chi connectivity index (χ3v) is 9.59. The SMILES string of the molecule is CCOc1cc(C(Nc2ccc3c(N)nccc3c2)(OC(=O)C(F)(F)F)C(=O)NCc2ccccc2S(=O)(=O)C2CC2)ccc1F. The summed E-state index contributed by atoms with van der Waals surface area (Å²) in [6.45, 7) is 1.02. The molecule has 1 aliphatic rings. The average Bonchev–Trinajstić information content (AvgIpc) is 3.87. The summed E-state index contributed by atoms with van der Waals surface area (Å²) in [5, 5.41) is 5.42. The Labute approximate surface area is 260 Å². The van der Waals surface area contributed by atoms with Crippen molar-refractivity contribution in [3.63, 3.8) is 0 Å². The van der Waals surface area contributed by atoms with Gasteiger partial charge < -0.3 is 25.8 Å². The van der Waals surface area contributed by atoms with Crippen LogP contribution in [-0.2, 0) is 36.4 Å². The first-order valence-corrected chi connectivity index (χ1v) is 15.6. The molecule has 0 saturated heterocycles. The van der Waals surface area contributed by atoms with Crippen molar-refractivity contribution in [2.24, 2.45) is 0 Å². The maximum absolute atomic E-state index is 14.6. The largest absolute Gasteiger partial charge is 0.491 e. The number of fused-ring (bicyclic) bond motifs is 1. The highest BCUT2D eigenvalue weighted by Crippen LogP contribution is 2.37. The van der Waals surface area contributed by atoms with Gasteiger partial charge in [-0.25, -0.2) is 22.6 Å². The second-order valence-electron chi connectivity index (χ2n) is 10.4. The number of nitrogens with two attached hydrogens (primary N) is 1. The normalized spacial score (nSPS) is 14.7. The number of benzene rings is 3. The molecule has 0 aliphatic heterocycles. The van der Waals surface area contributed by atoms with Gasteiger partial charge in [-0.15, -0.1) is 0 Å². The monoisotopic (exact) mass is 660 g/mol. The maximum atomic E-state index is 14.6. The number of hydrogen-bond donors (Lipinski definition) is 3. The summed E-state index contributed by atoms with van der Waals surface area (Å²) in [6.07, 6.45) is -3.20. The molecular formula is C31H28F4N4O6S. The van der Waals surface area contributed by atoms with Gasteiger partial charge in [0.05, 0.1) is 16.8 Å². The summed E-state index contributed by atoms with van der Waals surface area (Å²) in [5.74, 6) is -5.22. The van der Waals surface area contributed by atoms with Crippen molar-refractivity contribution in [3.8, 4) is 5.75 Å². The second-order valence-corrected chi connectivity index (χ2v) is 12.6. The summed E-state index contributed by atoms with van der Waals surface area (Å²) in [5.41, 5.74) is 2.67. The Morgan fingerprint density at radius 1 is 1.04 bits per heavy atom. The zero-order chi connectivity index (χ0) is 33.3. The molecule has 0 spiro atoms. The van der Waals surface area contributed by atoms with E-state index in [1.54, 1.807) is 6.07 Å². The number of amides is 1. The Morgan fingerprint density at radius 3 is 2.48 bits per heavy atom. The van der Waals surface area contributed by atoms with E-state index in [1.807, 2.05) is 0 Å². The molecule has 4 N–H and O–H groups in total. The third-order valence-electron chi connectivity index (χ3n) is 7.23. The highest BCUT2D eigenvalue weighted by atomic mass is 32.2. The van der Waals surface area contributed by atoms with Crippen LogP contribution in [0, 0.1) is 5.82 Å². The number of carbonyl (C=O) groups excluding carboxylic acids is 2. The van der Waals surface area contributed by atoms with E-state index in [0.717, 1.165) is 18.2 Å². The quantitative estimate of drug-likeness (QED) is 0.115. The van der Waals surface area contributed by atoms with Crippen LogP contribution >= 0.6 is 0 Å². The molecule has 15 heteroatoms. The van der Waals surface area contributed by atoms with Crippen molar-refractivity contribution in [1.82, 2.24) is 10.3 Å². The standard InChI is InChI=1S/C31H28F4N4O6S/c1-2-44-25-16-20(7-12-24(25)32)30(45-29(41)31(33,34)35,39-21-8-11-23-18(15-21)13-14-37-27(23)36)28(40)38-17-19-5-3-4-6-26(19)46(42,43)22-9-10-22/h3-8,11-16,22,39H,2,9-10,17H2,1H3,(H2,36,37)(H,38,40). The summed E-state index contributed by atoms with van der Waals surface area (Å²) in [7, 11) is -3.73. The fourth-order valence-electron chi connectivity index (χ4n) is 4.84. The first-order chi connectivity index (χ1) is 21.8. The van der Waals surface area contributed by atoms with Crippen LogP contribution in [0.25, 0.3) is 10.8 Å². The van der Waals surface area contributed by atoms with Gasteiger partial charge in [-0.05, 0) is 79.2 Å². The van der Waals surface area contributed by atoms with Gasteiger partial charge in [0.2, 0.25) is 0 Å². The molecule has 1 atom stereocenters. The number of nitrogens with one attached hydrogen (secondary N) is 2. The zero-order valence-corrected chi connectivity index (χ0v) is 25.0. The molecule has 1 amide bonds.